The highest BCUT2D eigenvalue weighted by Gasteiger charge is 2.10. The number of pyridine rings is 1. The zero-order valence-corrected chi connectivity index (χ0v) is 11.9. The highest BCUT2D eigenvalue weighted by Crippen LogP contribution is 2.16. The lowest BCUT2D eigenvalue weighted by atomic mass is 10.4. The zero-order valence-electron chi connectivity index (χ0n) is 9.46. The highest BCUT2D eigenvalue weighted by molar-refractivity contribution is 9.10. The molecule has 0 atom stereocenters. The average molecular weight is 320 g/mol. The molecule has 1 aromatic heterocycles. The molecule has 1 fully saturated rings. The second-order valence-electron chi connectivity index (χ2n) is 3.86. The standard InChI is InChI=1S/C11H15BrFN3S/c12-9-7-10(13)11(15-8-9)14-1-2-16-3-5-17-6-4-16/h7-8H,1-6H2,(H,14,15). The molecule has 1 aliphatic heterocycles. The Balaban J connectivity index is 1.77. The van der Waals surface area contributed by atoms with E-state index in [0.717, 1.165) is 26.2 Å². The van der Waals surface area contributed by atoms with Crippen LogP contribution < -0.4 is 5.32 Å². The topological polar surface area (TPSA) is 28.2 Å². The third-order valence-corrected chi connectivity index (χ3v) is 4.01. The molecule has 0 saturated carbocycles. The van der Waals surface area contributed by atoms with Gasteiger partial charge < -0.3 is 5.32 Å². The second kappa shape index (κ2) is 6.56. The van der Waals surface area contributed by atoms with E-state index in [1.807, 2.05) is 11.8 Å². The number of nitrogens with one attached hydrogen (secondary N) is 1. The van der Waals surface area contributed by atoms with Crippen LogP contribution in [0.25, 0.3) is 0 Å². The van der Waals surface area contributed by atoms with Gasteiger partial charge in [-0.15, -0.1) is 0 Å². The maximum absolute atomic E-state index is 13.4. The molecule has 2 heterocycles. The summed E-state index contributed by atoms with van der Waals surface area (Å²) in [5, 5.41) is 3.03. The molecule has 3 nitrogen and oxygen atoms in total. The Kier molecular flexibility index (Phi) is 5.06. The molecular weight excluding hydrogens is 305 g/mol. The summed E-state index contributed by atoms with van der Waals surface area (Å²) in [5.41, 5.74) is 0. The van der Waals surface area contributed by atoms with E-state index in [1.54, 1.807) is 6.20 Å². The van der Waals surface area contributed by atoms with Crippen LogP contribution in [0.4, 0.5) is 10.2 Å². The molecule has 94 valence electrons. The Morgan fingerprint density at radius 2 is 2.24 bits per heavy atom. The van der Waals surface area contributed by atoms with Crippen LogP contribution in [0.3, 0.4) is 0 Å². The first kappa shape index (κ1) is 13.1. The summed E-state index contributed by atoms with van der Waals surface area (Å²) in [7, 11) is 0. The molecule has 1 aliphatic rings. The summed E-state index contributed by atoms with van der Waals surface area (Å²) in [6.07, 6.45) is 1.60. The Morgan fingerprint density at radius 1 is 1.47 bits per heavy atom. The number of aromatic nitrogens is 1. The van der Waals surface area contributed by atoms with Crippen LogP contribution in [0.15, 0.2) is 16.7 Å². The van der Waals surface area contributed by atoms with Gasteiger partial charge in [-0.05, 0) is 22.0 Å². The minimum absolute atomic E-state index is 0.312. The minimum Gasteiger partial charge on any atom is -0.366 e. The van der Waals surface area contributed by atoms with Crippen LogP contribution in [0.5, 0.6) is 0 Å². The van der Waals surface area contributed by atoms with Crippen molar-refractivity contribution < 1.29 is 4.39 Å². The first-order valence-corrected chi connectivity index (χ1v) is 7.55. The van der Waals surface area contributed by atoms with E-state index in [2.05, 4.69) is 31.1 Å². The van der Waals surface area contributed by atoms with Crippen molar-refractivity contribution in [1.29, 1.82) is 0 Å². The molecule has 0 spiro atoms. The Hall–Kier alpha value is -0.330. The molecule has 0 aromatic carbocycles. The van der Waals surface area contributed by atoms with Gasteiger partial charge in [0.05, 0.1) is 0 Å². The van der Waals surface area contributed by atoms with Gasteiger partial charge in [0, 0.05) is 48.4 Å². The van der Waals surface area contributed by atoms with E-state index in [4.69, 9.17) is 0 Å². The summed E-state index contributed by atoms with van der Waals surface area (Å²) in [4.78, 5) is 6.39. The fourth-order valence-electron chi connectivity index (χ4n) is 1.70. The normalized spacial score (nSPS) is 17.1. The van der Waals surface area contributed by atoms with Crippen LogP contribution in [-0.2, 0) is 0 Å². The summed E-state index contributed by atoms with van der Waals surface area (Å²) >= 11 is 5.18. The van der Waals surface area contributed by atoms with Crippen molar-refractivity contribution in [2.45, 2.75) is 0 Å². The predicted molar refractivity (Wildman–Crippen MR) is 74.1 cm³/mol. The highest BCUT2D eigenvalue weighted by atomic mass is 79.9. The second-order valence-corrected chi connectivity index (χ2v) is 6.01. The van der Waals surface area contributed by atoms with Gasteiger partial charge in [0.2, 0.25) is 0 Å². The van der Waals surface area contributed by atoms with Crippen LogP contribution in [0, 0.1) is 5.82 Å². The molecular formula is C11H15BrFN3S. The third-order valence-electron chi connectivity index (χ3n) is 2.63. The van der Waals surface area contributed by atoms with E-state index >= 15 is 0 Å². The molecule has 0 radical (unpaired) electrons. The van der Waals surface area contributed by atoms with Crippen LogP contribution in [0.1, 0.15) is 0 Å². The number of halogens is 2. The molecule has 17 heavy (non-hydrogen) atoms. The monoisotopic (exact) mass is 319 g/mol. The van der Waals surface area contributed by atoms with Gasteiger partial charge >= 0.3 is 0 Å². The number of hydrogen-bond donors (Lipinski definition) is 1. The van der Waals surface area contributed by atoms with E-state index in [1.165, 1.54) is 17.6 Å². The van der Waals surface area contributed by atoms with Crippen molar-refractivity contribution in [2.24, 2.45) is 0 Å². The molecule has 6 heteroatoms. The van der Waals surface area contributed by atoms with Crippen LogP contribution in [-0.4, -0.2) is 47.6 Å². The predicted octanol–water partition coefficient (Wildman–Crippen LogP) is 2.44. The van der Waals surface area contributed by atoms with Gasteiger partial charge in [-0.25, -0.2) is 9.37 Å². The summed E-state index contributed by atoms with van der Waals surface area (Å²) in [6.45, 7) is 3.93. The lowest BCUT2D eigenvalue weighted by Crippen LogP contribution is -2.36. The molecule has 1 N–H and O–H groups in total. The van der Waals surface area contributed by atoms with Crippen molar-refractivity contribution in [3.63, 3.8) is 0 Å². The summed E-state index contributed by atoms with van der Waals surface area (Å²) in [5.74, 6) is 2.42. The maximum atomic E-state index is 13.4. The van der Waals surface area contributed by atoms with Crippen molar-refractivity contribution in [3.05, 3.63) is 22.6 Å². The molecule has 0 amide bonds. The zero-order chi connectivity index (χ0) is 12.1. The van der Waals surface area contributed by atoms with Crippen molar-refractivity contribution in [2.75, 3.05) is 43.0 Å². The lowest BCUT2D eigenvalue weighted by Gasteiger charge is -2.26. The molecule has 2 rings (SSSR count). The van der Waals surface area contributed by atoms with Crippen molar-refractivity contribution in [3.8, 4) is 0 Å². The largest absolute Gasteiger partial charge is 0.366 e. The van der Waals surface area contributed by atoms with E-state index in [9.17, 15) is 4.39 Å². The molecule has 1 aromatic rings. The number of hydrogen-bond acceptors (Lipinski definition) is 4. The smallest absolute Gasteiger partial charge is 0.166 e. The molecule has 0 bridgehead atoms. The summed E-state index contributed by atoms with van der Waals surface area (Å²) < 4.78 is 14.1. The SMILES string of the molecule is Fc1cc(Br)cnc1NCCN1CCSCC1. The number of thioether (sulfide) groups is 1. The van der Waals surface area contributed by atoms with E-state index < -0.39 is 0 Å². The number of anilines is 1. The van der Waals surface area contributed by atoms with Gasteiger partial charge in [0.1, 0.15) is 0 Å². The van der Waals surface area contributed by atoms with Gasteiger partial charge in [-0.1, -0.05) is 0 Å². The Bertz CT molecular complexity index is 372. The average Bonchev–Trinajstić information content (AvgIpc) is 2.33. The van der Waals surface area contributed by atoms with E-state index in [-0.39, 0.29) is 5.82 Å². The van der Waals surface area contributed by atoms with Gasteiger partial charge in [0.25, 0.3) is 0 Å². The van der Waals surface area contributed by atoms with Gasteiger partial charge in [-0.2, -0.15) is 11.8 Å². The van der Waals surface area contributed by atoms with Crippen molar-refractivity contribution >= 4 is 33.5 Å². The van der Waals surface area contributed by atoms with Gasteiger partial charge in [-0.3, -0.25) is 4.90 Å². The van der Waals surface area contributed by atoms with Gasteiger partial charge in [0.15, 0.2) is 11.6 Å². The molecule has 1 saturated heterocycles. The Morgan fingerprint density at radius 3 is 2.94 bits per heavy atom. The summed E-state index contributed by atoms with van der Waals surface area (Å²) in [6, 6.07) is 1.42. The first-order chi connectivity index (χ1) is 8.25. The van der Waals surface area contributed by atoms with Crippen LogP contribution in [0.2, 0.25) is 0 Å². The maximum Gasteiger partial charge on any atom is 0.166 e. The fraction of sp³-hybridized carbons (Fsp3) is 0.545. The number of rotatable bonds is 4. The quantitative estimate of drug-likeness (QED) is 0.922. The van der Waals surface area contributed by atoms with Crippen LogP contribution >= 0.6 is 27.7 Å². The molecule has 0 unspecified atom stereocenters. The third kappa shape index (κ3) is 4.12. The minimum atomic E-state index is -0.312. The van der Waals surface area contributed by atoms with E-state index in [0.29, 0.717) is 10.3 Å². The first-order valence-electron chi connectivity index (χ1n) is 5.61. The van der Waals surface area contributed by atoms with Crippen molar-refractivity contribution in [1.82, 2.24) is 9.88 Å². The lowest BCUT2D eigenvalue weighted by molar-refractivity contribution is 0.314. The number of nitrogens with zero attached hydrogens (tertiary/aromatic N) is 2. The molecule has 0 aliphatic carbocycles. The Labute approximate surface area is 113 Å². The fourth-order valence-corrected chi connectivity index (χ4v) is 2.98.